The van der Waals surface area contributed by atoms with Gasteiger partial charge in [-0.15, -0.1) is 11.3 Å². The number of hydrogen-bond acceptors (Lipinski definition) is 3. The Bertz CT molecular complexity index is 519. The lowest BCUT2D eigenvalue weighted by Crippen LogP contribution is -1.99. The van der Waals surface area contributed by atoms with Gasteiger partial charge in [-0.1, -0.05) is 23.2 Å². The topological polar surface area (TPSA) is 38.0 Å². The summed E-state index contributed by atoms with van der Waals surface area (Å²) in [5.74, 6) is 0. The fourth-order valence-electron chi connectivity index (χ4n) is 1.38. The third kappa shape index (κ3) is 3.28. The van der Waals surface area contributed by atoms with Gasteiger partial charge in [0.2, 0.25) is 0 Å². The van der Waals surface area contributed by atoms with E-state index < -0.39 is 0 Å². The summed E-state index contributed by atoms with van der Waals surface area (Å²) in [4.78, 5) is 1.20. The van der Waals surface area contributed by atoms with Gasteiger partial charge >= 0.3 is 0 Å². The maximum Gasteiger partial charge on any atom is 0.0723 e. The van der Waals surface area contributed by atoms with Gasteiger partial charge in [-0.05, 0) is 34.1 Å². The first-order chi connectivity index (χ1) is 8.06. The normalized spacial score (nSPS) is 10.5. The molecule has 3 N–H and O–H groups in total. The van der Waals surface area contributed by atoms with E-state index in [0.29, 0.717) is 28.0 Å². The third-order valence-corrected chi connectivity index (χ3v) is 4.42. The van der Waals surface area contributed by atoms with Crippen LogP contribution in [-0.2, 0) is 6.54 Å². The van der Waals surface area contributed by atoms with Crippen LogP contribution in [0.1, 0.15) is 4.88 Å². The number of benzene rings is 1. The van der Waals surface area contributed by atoms with E-state index in [-0.39, 0.29) is 0 Å². The zero-order valence-electron chi connectivity index (χ0n) is 8.64. The van der Waals surface area contributed by atoms with Crippen LogP contribution in [0.15, 0.2) is 28.1 Å². The predicted octanol–water partition coefficient (Wildman–Crippen LogP) is 5.01. The number of rotatable bonds is 3. The van der Waals surface area contributed by atoms with Crippen LogP contribution < -0.4 is 11.1 Å². The average Bonchev–Trinajstić information content (AvgIpc) is 2.62. The van der Waals surface area contributed by atoms with E-state index in [2.05, 4.69) is 27.3 Å². The fraction of sp³-hybridized carbons (Fsp3) is 0.0909. The Kier molecular flexibility index (Phi) is 4.20. The number of nitrogens with two attached hydrogens (primary N) is 1. The van der Waals surface area contributed by atoms with Crippen molar-refractivity contribution in [2.24, 2.45) is 0 Å². The van der Waals surface area contributed by atoms with Gasteiger partial charge in [0.05, 0.1) is 15.7 Å². The Balaban J connectivity index is 2.14. The van der Waals surface area contributed by atoms with Crippen LogP contribution in [0.25, 0.3) is 0 Å². The second-order valence-electron chi connectivity index (χ2n) is 3.44. The quantitative estimate of drug-likeness (QED) is 0.762. The lowest BCUT2D eigenvalue weighted by molar-refractivity contribution is 1.19. The van der Waals surface area contributed by atoms with Gasteiger partial charge in [-0.3, -0.25) is 0 Å². The van der Waals surface area contributed by atoms with Crippen molar-refractivity contribution < 1.29 is 0 Å². The molecule has 2 nitrogen and oxygen atoms in total. The molecule has 17 heavy (non-hydrogen) atoms. The summed E-state index contributed by atoms with van der Waals surface area (Å²) < 4.78 is 1.08. The molecule has 0 aliphatic rings. The third-order valence-electron chi connectivity index (χ3n) is 2.13. The minimum Gasteiger partial charge on any atom is -0.399 e. The number of thiophene rings is 1. The Labute approximate surface area is 122 Å². The molecule has 6 heteroatoms. The molecule has 0 aliphatic carbocycles. The van der Waals surface area contributed by atoms with Crippen LogP contribution >= 0.6 is 50.5 Å². The molecular formula is C11H9BrCl2N2S. The molecule has 90 valence electrons. The van der Waals surface area contributed by atoms with E-state index in [9.17, 15) is 0 Å². The van der Waals surface area contributed by atoms with Gasteiger partial charge < -0.3 is 11.1 Å². The summed E-state index contributed by atoms with van der Waals surface area (Å²) >= 11 is 17.2. The van der Waals surface area contributed by atoms with Crippen molar-refractivity contribution in [3.8, 4) is 0 Å². The molecule has 0 unspecified atom stereocenters. The van der Waals surface area contributed by atoms with Crippen LogP contribution in [0, 0.1) is 0 Å². The van der Waals surface area contributed by atoms with Gasteiger partial charge in [-0.2, -0.15) is 0 Å². The van der Waals surface area contributed by atoms with E-state index in [1.54, 1.807) is 23.5 Å². The summed E-state index contributed by atoms with van der Waals surface area (Å²) in [7, 11) is 0. The SMILES string of the molecule is Nc1cc(Cl)c(NCc2cc(Br)cs2)c(Cl)c1. The molecule has 0 atom stereocenters. The molecule has 0 aliphatic heterocycles. The molecule has 0 amide bonds. The zero-order valence-corrected chi connectivity index (χ0v) is 12.6. The first kappa shape index (κ1) is 13.0. The van der Waals surface area contributed by atoms with Crippen molar-refractivity contribution in [2.45, 2.75) is 6.54 Å². The molecule has 2 aromatic rings. The molecular weight excluding hydrogens is 343 g/mol. The van der Waals surface area contributed by atoms with Gasteiger partial charge in [0.15, 0.2) is 0 Å². The van der Waals surface area contributed by atoms with Crippen LogP contribution in [0.4, 0.5) is 11.4 Å². The van der Waals surface area contributed by atoms with Crippen molar-refractivity contribution in [3.63, 3.8) is 0 Å². The van der Waals surface area contributed by atoms with E-state index in [4.69, 9.17) is 28.9 Å². The summed E-state index contributed by atoms with van der Waals surface area (Å²) in [6.07, 6.45) is 0. The van der Waals surface area contributed by atoms with E-state index >= 15 is 0 Å². The average molecular weight is 352 g/mol. The highest BCUT2D eigenvalue weighted by Gasteiger charge is 2.07. The minimum absolute atomic E-state index is 0.533. The first-order valence-electron chi connectivity index (χ1n) is 4.77. The van der Waals surface area contributed by atoms with Crippen molar-refractivity contribution in [1.82, 2.24) is 0 Å². The van der Waals surface area contributed by atoms with Crippen LogP contribution in [0.3, 0.4) is 0 Å². The summed E-state index contributed by atoms with van der Waals surface area (Å²) in [6.45, 7) is 0.680. The second kappa shape index (κ2) is 5.48. The molecule has 0 bridgehead atoms. The minimum atomic E-state index is 0.533. The van der Waals surface area contributed by atoms with E-state index in [1.165, 1.54) is 4.88 Å². The number of hydrogen-bond donors (Lipinski definition) is 2. The Morgan fingerprint density at radius 1 is 1.24 bits per heavy atom. The van der Waals surface area contributed by atoms with E-state index in [1.807, 2.05) is 5.38 Å². The molecule has 0 saturated heterocycles. The highest BCUT2D eigenvalue weighted by molar-refractivity contribution is 9.10. The number of halogens is 3. The van der Waals surface area contributed by atoms with Crippen molar-refractivity contribution in [2.75, 3.05) is 11.1 Å². The highest BCUT2D eigenvalue weighted by atomic mass is 79.9. The molecule has 1 heterocycles. The standard InChI is InChI=1S/C11H9BrCl2N2S/c12-6-1-8(17-5-6)4-16-11-9(13)2-7(15)3-10(11)14/h1-3,5,16H,4,15H2. The number of nitrogens with one attached hydrogen (secondary N) is 1. The van der Waals surface area contributed by atoms with E-state index in [0.717, 1.165) is 4.47 Å². The Hall–Kier alpha value is -0.420. The zero-order chi connectivity index (χ0) is 12.4. The summed E-state index contributed by atoms with van der Waals surface area (Å²) in [5.41, 5.74) is 6.91. The number of nitrogen functional groups attached to an aromatic ring is 1. The van der Waals surface area contributed by atoms with Crippen molar-refractivity contribution in [3.05, 3.63) is 43.0 Å². The van der Waals surface area contributed by atoms with Crippen LogP contribution in [0.2, 0.25) is 10.0 Å². The first-order valence-corrected chi connectivity index (χ1v) is 7.20. The van der Waals surface area contributed by atoms with Crippen LogP contribution in [-0.4, -0.2) is 0 Å². The monoisotopic (exact) mass is 350 g/mol. The maximum absolute atomic E-state index is 6.07. The van der Waals surface area contributed by atoms with Gasteiger partial charge in [-0.25, -0.2) is 0 Å². The Morgan fingerprint density at radius 2 is 1.88 bits per heavy atom. The molecule has 2 rings (SSSR count). The molecule has 1 aromatic carbocycles. The molecule has 0 saturated carbocycles. The van der Waals surface area contributed by atoms with Gasteiger partial charge in [0.1, 0.15) is 0 Å². The van der Waals surface area contributed by atoms with Crippen LogP contribution in [0.5, 0.6) is 0 Å². The highest BCUT2D eigenvalue weighted by Crippen LogP contribution is 2.33. The molecule has 0 spiro atoms. The molecule has 1 aromatic heterocycles. The second-order valence-corrected chi connectivity index (χ2v) is 6.17. The maximum atomic E-state index is 6.07. The molecule has 0 radical (unpaired) electrons. The summed E-state index contributed by atoms with van der Waals surface area (Å²) in [5, 5.41) is 6.31. The van der Waals surface area contributed by atoms with Gasteiger partial charge in [0.25, 0.3) is 0 Å². The lowest BCUT2D eigenvalue weighted by Gasteiger charge is -2.10. The fourth-order valence-corrected chi connectivity index (χ4v) is 3.41. The summed E-state index contributed by atoms with van der Waals surface area (Å²) in [6, 6.07) is 5.41. The lowest BCUT2D eigenvalue weighted by atomic mass is 10.2. The number of anilines is 2. The van der Waals surface area contributed by atoms with Crippen molar-refractivity contribution in [1.29, 1.82) is 0 Å². The Morgan fingerprint density at radius 3 is 2.41 bits per heavy atom. The van der Waals surface area contributed by atoms with Crippen molar-refractivity contribution >= 4 is 61.8 Å². The molecule has 0 fully saturated rings. The van der Waals surface area contributed by atoms with Gasteiger partial charge in [0, 0.05) is 27.0 Å². The largest absolute Gasteiger partial charge is 0.399 e. The smallest absolute Gasteiger partial charge is 0.0723 e. The predicted molar refractivity (Wildman–Crippen MR) is 80.2 cm³/mol.